The summed E-state index contributed by atoms with van der Waals surface area (Å²) in [5, 5.41) is 0. The maximum Gasteiger partial charge on any atom is 0.161 e. The van der Waals surface area contributed by atoms with Gasteiger partial charge in [-0.2, -0.15) is 0 Å². The normalized spacial score (nSPS) is 27.5. The van der Waals surface area contributed by atoms with Crippen molar-refractivity contribution in [2.75, 3.05) is 33.9 Å². The number of ether oxygens (including phenoxy) is 2. The number of piperazine rings is 1. The topological polar surface area (TPSA) is 24.9 Å². The Kier molecular flexibility index (Phi) is 6.30. The van der Waals surface area contributed by atoms with Crippen LogP contribution in [0.5, 0.6) is 11.5 Å². The third-order valence-electron chi connectivity index (χ3n) is 6.96. The molecule has 2 heterocycles. The minimum atomic E-state index is 0.710. The van der Waals surface area contributed by atoms with Crippen LogP contribution in [-0.4, -0.2) is 55.7 Å². The van der Waals surface area contributed by atoms with E-state index in [0.29, 0.717) is 6.04 Å². The molecule has 0 radical (unpaired) electrons. The molecule has 1 aliphatic carbocycles. The molecule has 5 heteroatoms. The molecule has 4 rings (SSSR count). The van der Waals surface area contributed by atoms with Crippen LogP contribution in [0, 0.1) is 5.92 Å². The van der Waals surface area contributed by atoms with Crippen molar-refractivity contribution in [3.05, 3.63) is 22.2 Å². The molecule has 0 unspecified atom stereocenters. The molecular weight excluding hydrogens is 404 g/mol. The molecule has 0 N–H and O–H groups in total. The van der Waals surface area contributed by atoms with E-state index >= 15 is 0 Å². The number of benzene rings is 1. The second kappa shape index (κ2) is 8.71. The van der Waals surface area contributed by atoms with Crippen molar-refractivity contribution in [1.82, 2.24) is 9.80 Å². The van der Waals surface area contributed by atoms with Crippen molar-refractivity contribution in [1.29, 1.82) is 0 Å². The first-order chi connectivity index (χ1) is 13.2. The lowest BCUT2D eigenvalue weighted by Crippen LogP contribution is -2.59. The van der Waals surface area contributed by atoms with Crippen LogP contribution in [0.15, 0.2) is 16.6 Å². The maximum absolute atomic E-state index is 5.56. The lowest BCUT2D eigenvalue weighted by Gasteiger charge is -2.49. The van der Waals surface area contributed by atoms with Gasteiger partial charge in [0.2, 0.25) is 0 Å². The van der Waals surface area contributed by atoms with E-state index in [2.05, 4.69) is 37.9 Å². The van der Waals surface area contributed by atoms with E-state index in [4.69, 9.17) is 9.47 Å². The summed E-state index contributed by atoms with van der Waals surface area (Å²) in [4.78, 5) is 5.56. The molecule has 1 aromatic carbocycles. The Morgan fingerprint density at radius 2 is 1.67 bits per heavy atom. The SMILES string of the molecule is COc1cc(Br)c(CN2CCN3CCC[C@@H]3[C@@H]2C2CCCCC2)cc1OC. The number of rotatable bonds is 5. The van der Waals surface area contributed by atoms with Crippen molar-refractivity contribution < 1.29 is 9.47 Å². The van der Waals surface area contributed by atoms with E-state index in [1.165, 1.54) is 70.1 Å². The van der Waals surface area contributed by atoms with Gasteiger partial charge in [0, 0.05) is 36.2 Å². The second-order valence-electron chi connectivity index (χ2n) is 8.40. The van der Waals surface area contributed by atoms with Crippen LogP contribution in [-0.2, 0) is 6.54 Å². The van der Waals surface area contributed by atoms with Crippen molar-refractivity contribution >= 4 is 15.9 Å². The third kappa shape index (κ3) is 4.01. The Bertz CT molecular complexity index is 647. The Labute approximate surface area is 172 Å². The Hall–Kier alpha value is -0.780. The molecule has 0 bridgehead atoms. The minimum absolute atomic E-state index is 0.710. The zero-order chi connectivity index (χ0) is 18.8. The molecule has 3 aliphatic rings. The van der Waals surface area contributed by atoms with Crippen molar-refractivity contribution in [2.24, 2.45) is 5.92 Å². The lowest BCUT2D eigenvalue weighted by atomic mass is 9.78. The van der Waals surface area contributed by atoms with Gasteiger partial charge in [0.25, 0.3) is 0 Å². The highest BCUT2D eigenvalue weighted by atomic mass is 79.9. The molecular formula is C22H33BrN2O2. The van der Waals surface area contributed by atoms with E-state index in [-0.39, 0.29) is 0 Å². The van der Waals surface area contributed by atoms with Crippen molar-refractivity contribution in [3.63, 3.8) is 0 Å². The lowest BCUT2D eigenvalue weighted by molar-refractivity contribution is -0.00393. The highest BCUT2D eigenvalue weighted by Gasteiger charge is 2.43. The van der Waals surface area contributed by atoms with Crippen LogP contribution in [0.4, 0.5) is 0 Å². The fourth-order valence-electron chi connectivity index (χ4n) is 5.67. The minimum Gasteiger partial charge on any atom is -0.493 e. The first kappa shape index (κ1) is 19.5. The molecule has 27 heavy (non-hydrogen) atoms. The van der Waals surface area contributed by atoms with E-state index in [9.17, 15) is 0 Å². The molecule has 4 nitrogen and oxygen atoms in total. The van der Waals surface area contributed by atoms with Gasteiger partial charge < -0.3 is 9.47 Å². The summed E-state index contributed by atoms with van der Waals surface area (Å²) in [5.41, 5.74) is 1.31. The number of halogens is 1. The molecule has 0 aromatic heterocycles. The first-order valence-electron chi connectivity index (χ1n) is 10.6. The van der Waals surface area contributed by atoms with Crippen LogP contribution in [0.2, 0.25) is 0 Å². The molecule has 1 saturated carbocycles. The Morgan fingerprint density at radius 1 is 0.926 bits per heavy atom. The third-order valence-corrected chi connectivity index (χ3v) is 7.70. The van der Waals surface area contributed by atoms with Crippen molar-refractivity contribution in [2.45, 2.75) is 63.6 Å². The van der Waals surface area contributed by atoms with Gasteiger partial charge in [-0.3, -0.25) is 9.80 Å². The Balaban J connectivity index is 1.59. The van der Waals surface area contributed by atoms with E-state index in [0.717, 1.165) is 34.5 Å². The summed E-state index contributed by atoms with van der Waals surface area (Å²) in [7, 11) is 3.42. The molecule has 0 spiro atoms. The van der Waals surface area contributed by atoms with Gasteiger partial charge in [0.15, 0.2) is 11.5 Å². The van der Waals surface area contributed by atoms with Gasteiger partial charge in [-0.25, -0.2) is 0 Å². The molecule has 2 aliphatic heterocycles. The predicted octanol–water partition coefficient (Wildman–Crippen LogP) is 4.70. The second-order valence-corrected chi connectivity index (χ2v) is 9.26. The van der Waals surface area contributed by atoms with Gasteiger partial charge in [-0.1, -0.05) is 35.2 Å². The molecule has 1 aromatic rings. The van der Waals surface area contributed by atoms with Crippen molar-refractivity contribution in [3.8, 4) is 11.5 Å². The van der Waals surface area contributed by atoms with Crippen LogP contribution in [0.1, 0.15) is 50.5 Å². The highest BCUT2D eigenvalue weighted by molar-refractivity contribution is 9.10. The van der Waals surface area contributed by atoms with E-state index in [1.54, 1.807) is 14.2 Å². The number of fused-ring (bicyclic) bond motifs is 1. The van der Waals surface area contributed by atoms with Gasteiger partial charge in [0.1, 0.15) is 0 Å². The maximum atomic E-state index is 5.56. The monoisotopic (exact) mass is 436 g/mol. The van der Waals surface area contributed by atoms with E-state index < -0.39 is 0 Å². The van der Waals surface area contributed by atoms with Crippen LogP contribution >= 0.6 is 15.9 Å². The number of hydrogen-bond donors (Lipinski definition) is 0. The quantitative estimate of drug-likeness (QED) is 0.667. The predicted molar refractivity (Wildman–Crippen MR) is 113 cm³/mol. The van der Waals surface area contributed by atoms with E-state index in [1.807, 2.05) is 0 Å². The fraction of sp³-hybridized carbons (Fsp3) is 0.727. The van der Waals surface area contributed by atoms with Gasteiger partial charge in [0.05, 0.1) is 14.2 Å². The number of nitrogens with zero attached hydrogens (tertiary/aromatic N) is 2. The summed E-state index contributed by atoms with van der Waals surface area (Å²) < 4.78 is 12.1. The van der Waals surface area contributed by atoms with Gasteiger partial charge in [-0.15, -0.1) is 0 Å². The smallest absolute Gasteiger partial charge is 0.161 e. The van der Waals surface area contributed by atoms with Gasteiger partial charge in [-0.05, 0) is 55.8 Å². The standard InChI is InChI=1S/C22H33BrN2O2/c1-26-20-13-17(18(23)14-21(20)27-2)15-25-12-11-24-10-6-9-19(24)22(25)16-7-4-3-5-8-16/h13-14,16,19,22H,3-12,15H2,1-2H3/t19-,22+/m1/s1. The first-order valence-corrected chi connectivity index (χ1v) is 11.4. The molecule has 0 amide bonds. The molecule has 2 saturated heterocycles. The highest BCUT2D eigenvalue weighted by Crippen LogP contribution is 2.40. The largest absolute Gasteiger partial charge is 0.493 e. The summed E-state index contributed by atoms with van der Waals surface area (Å²) in [6, 6.07) is 5.68. The average Bonchev–Trinajstić information content (AvgIpc) is 3.18. The zero-order valence-corrected chi connectivity index (χ0v) is 18.3. The fourth-order valence-corrected chi connectivity index (χ4v) is 6.12. The average molecular weight is 437 g/mol. The Morgan fingerprint density at radius 3 is 2.41 bits per heavy atom. The summed E-state index contributed by atoms with van der Waals surface area (Å²) in [6.07, 6.45) is 9.85. The zero-order valence-electron chi connectivity index (χ0n) is 16.8. The van der Waals surface area contributed by atoms with Crippen LogP contribution < -0.4 is 9.47 Å². The van der Waals surface area contributed by atoms with Crippen LogP contribution in [0.3, 0.4) is 0 Å². The molecule has 2 atom stereocenters. The summed E-state index contributed by atoms with van der Waals surface area (Å²) >= 11 is 3.78. The number of hydrogen-bond acceptors (Lipinski definition) is 4. The van der Waals surface area contributed by atoms with Gasteiger partial charge >= 0.3 is 0 Å². The van der Waals surface area contributed by atoms with Crippen LogP contribution in [0.25, 0.3) is 0 Å². The molecule has 3 fully saturated rings. The molecule has 150 valence electrons. The number of methoxy groups -OCH3 is 2. The summed E-state index contributed by atoms with van der Waals surface area (Å²) in [5.74, 6) is 2.48. The summed E-state index contributed by atoms with van der Waals surface area (Å²) in [6.45, 7) is 4.70.